The highest BCUT2D eigenvalue weighted by Crippen LogP contribution is 2.43. The van der Waals surface area contributed by atoms with E-state index in [0.717, 1.165) is 12.8 Å². The van der Waals surface area contributed by atoms with Gasteiger partial charge in [0.15, 0.2) is 0 Å². The number of fused-ring (bicyclic) bond motifs is 1. The largest absolute Gasteiger partial charge is 0.460 e. The van der Waals surface area contributed by atoms with Crippen LogP contribution in [0.15, 0.2) is 47.7 Å². The molecular formula is C17H17N3O. The number of amidine groups is 1. The van der Waals surface area contributed by atoms with Crippen molar-refractivity contribution in [1.29, 1.82) is 0 Å². The fourth-order valence-electron chi connectivity index (χ4n) is 3.50. The molecular weight excluding hydrogens is 262 g/mol. The molecule has 0 bridgehead atoms. The fraction of sp³-hybridized carbons (Fsp3) is 0.294. The summed E-state index contributed by atoms with van der Waals surface area (Å²) in [5.41, 5.74) is 10.7. The van der Waals surface area contributed by atoms with Crippen molar-refractivity contribution in [1.82, 2.24) is 4.98 Å². The zero-order chi connectivity index (χ0) is 14.4. The lowest BCUT2D eigenvalue weighted by molar-refractivity contribution is 0.157. The first-order valence-electron chi connectivity index (χ1n) is 7.21. The lowest BCUT2D eigenvalue weighted by Crippen LogP contribution is -2.36. The maximum Gasteiger partial charge on any atom is 0.282 e. The highest BCUT2D eigenvalue weighted by atomic mass is 16.5. The van der Waals surface area contributed by atoms with Crippen LogP contribution in [0.1, 0.15) is 18.1 Å². The molecule has 2 heterocycles. The van der Waals surface area contributed by atoms with Crippen LogP contribution in [0.4, 0.5) is 0 Å². The Bertz CT molecular complexity index is 726. The number of pyridine rings is 1. The molecule has 4 heteroatoms. The topological polar surface area (TPSA) is 60.5 Å². The third kappa shape index (κ3) is 1.82. The van der Waals surface area contributed by atoms with Gasteiger partial charge in [-0.15, -0.1) is 0 Å². The van der Waals surface area contributed by atoms with Crippen molar-refractivity contribution in [3.8, 4) is 11.1 Å². The van der Waals surface area contributed by atoms with E-state index in [-0.39, 0.29) is 11.6 Å². The second kappa shape index (κ2) is 4.32. The van der Waals surface area contributed by atoms with Crippen LogP contribution in [0, 0.1) is 0 Å². The molecule has 0 amide bonds. The number of aromatic nitrogens is 1. The number of hydrogen-bond donors (Lipinski definition) is 1. The summed E-state index contributed by atoms with van der Waals surface area (Å²) in [7, 11) is 0. The van der Waals surface area contributed by atoms with Crippen LogP contribution in [0.5, 0.6) is 0 Å². The Morgan fingerprint density at radius 2 is 2.00 bits per heavy atom. The normalized spacial score (nSPS) is 26.5. The van der Waals surface area contributed by atoms with Gasteiger partial charge in [0.1, 0.15) is 11.6 Å². The Labute approximate surface area is 123 Å². The molecule has 0 unspecified atom stereocenters. The van der Waals surface area contributed by atoms with Gasteiger partial charge in [0.25, 0.3) is 6.02 Å². The molecule has 0 radical (unpaired) electrons. The van der Waals surface area contributed by atoms with Gasteiger partial charge < -0.3 is 10.5 Å². The number of benzene rings is 1. The molecule has 4 rings (SSSR count). The average Bonchev–Trinajstić information content (AvgIpc) is 2.99. The summed E-state index contributed by atoms with van der Waals surface area (Å²) >= 11 is 0. The maximum atomic E-state index is 5.78. The van der Waals surface area contributed by atoms with Gasteiger partial charge in [0, 0.05) is 25.2 Å². The summed E-state index contributed by atoms with van der Waals surface area (Å²) in [6.07, 6.45) is 5.45. The SMILES string of the molecule is C[C@H]1OC(N)=N[C@@]12Cc1cccc(-c3ccncc3)c1C2. The monoisotopic (exact) mass is 279 g/mol. The fourth-order valence-corrected chi connectivity index (χ4v) is 3.50. The highest BCUT2D eigenvalue weighted by Gasteiger charge is 2.47. The minimum Gasteiger partial charge on any atom is -0.460 e. The smallest absolute Gasteiger partial charge is 0.282 e. The molecule has 2 aliphatic rings. The number of nitrogens with two attached hydrogens (primary N) is 1. The van der Waals surface area contributed by atoms with Crippen LogP contribution >= 0.6 is 0 Å². The van der Waals surface area contributed by atoms with Gasteiger partial charge in [-0.2, -0.15) is 0 Å². The Morgan fingerprint density at radius 1 is 1.19 bits per heavy atom. The lowest BCUT2D eigenvalue weighted by atomic mass is 9.90. The summed E-state index contributed by atoms with van der Waals surface area (Å²) < 4.78 is 5.59. The van der Waals surface area contributed by atoms with Gasteiger partial charge in [0.2, 0.25) is 0 Å². The first-order valence-corrected chi connectivity index (χ1v) is 7.21. The van der Waals surface area contributed by atoms with E-state index in [1.165, 1.54) is 22.3 Å². The molecule has 21 heavy (non-hydrogen) atoms. The van der Waals surface area contributed by atoms with Gasteiger partial charge in [-0.25, -0.2) is 4.99 Å². The molecule has 4 nitrogen and oxygen atoms in total. The van der Waals surface area contributed by atoms with Crippen LogP contribution in [0.25, 0.3) is 11.1 Å². The molecule has 2 aromatic rings. The summed E-state index contributed by atoms with van der Waals surface area (Å²) in [6, 6.07) is 10.9. The van der Waals surface area contributed by atoms with Crippen molar-refractivity contribution in [2.45, 2.75) is 31.4 Å². The zero-order valence-electron chi connectivity index (χ0n) is 11.9. The lowest BCUT2D eigenvalue weighted by Gasteiger charge is -2.23. The summed E-state index contributed by atoms with van der Waals surface area (Å²) in [5, 5.41) is 0. The van der Waals surface area contributed by atoms with Gasteiger partial charge in [-0.05, 0) is 41.3 Å². The van der Waals surface area contributed by atoms with E-state index < -0.39 is 0 Å². The van der Waals surface area contributed by atoms with Crippen molar-refractivity contribution in [3.63, 3.8) is 0 Å². The summed E-state index contributed by atoms with van der Waals surface area (Å²) in [4.78, 5) is 8.71. The average molecular weight is 279 g/mol. The molecule has 1 aliphatic carbocycles. The predicted molar refractivity (Wildman–Crippen MR) is 82.0 cm³/mol. The maximum absolute atomic E-state index is 5.78. The molecule has 2 atom stereocenters. The van der Waals surface area contributed by atoms with E-state index in [0.29, 0.717) is 6.02 Å². The van der Waals surface area contributed by atoms with Gasteiger partial charge in [-0.1, -0.05) is 18.2 Å². The van der Waals surface area contributed by atoms with Crippen molar-refractivity contribution in [2.75, 3.05) is 0 Å². The van der Waals surface area contributed by atoms with E-state index in [1.54, 1.807) is 0 Å². The third-order valence-electron chi connectivity index (χ3n) is 4.63. The number of hydrogen-bond acceptors (Lipinski definition) is 4. The molecule has 0 saturated heterocycles. The minimum atomic E-state index is -0.227. The molecule has 1 aromatic carbocycles. The van der Waals surface area contributed by atoms with E-state index in [1.807, 2.05) is 24.5 Å². The third-order valence-corrected chi connectivity index (χ3v) is 4.63. The van der Waals surface area contributed by atoms with E-state index in [2.05, 4.69) is 35.1 Å². The van der Waals surface area contributed by atoms with E-state index in [4.69, 9.17) is 10.5 Å². The molecule has 1 spiro atoms. The van der Waals surface area contributed by atoms with Crippen LogP contribution in [-0.4, -0.2) is 22.6 Å². The predicted octanol–water partition coefficient (Wildman–Crippen LogP) is 2.32. The second-order valence-electron chi connectivity index (χ2n) is 5.85. The standard InChI is InChI=1S/C17H17N3O/c1-11-17(20-16(18)21-11)9-13-3-2-4-14(15(13)10-17)12-5-7-19-8-6-12/h2-8,11H,9-10H2,1H3,(H2,18,20)/t11-,17-/m1/s1. The van der Waals surface area contributed by atoms with Crippen LogP contribution < -0.4 is 5.73 Å². The Hall–Kier alpha value is -2.36. The first-order chi connectivity index (χ1) is 10.2. The Balaban J connectivity index is 1.81. The number of rotatable bonds is 1. The van der Waals surface area contributed by atoms with E-state index in [9.17, 15) is 0 Å². The zero-order valence-corrected chi connectivity index (χ0v) is 11.9. The molecule has 106 valence electrons. The molecule has 1 aliphatic heterocycles. The Morgan fingerprint density at radius 3 is 2.71 bits per heavy atom. The quantitative estimate of drug-likeness (QED) is 0.871. The number of ether oxygens (including phenoxy) is 1. The Kier molecular flexibility index (Phi) is 2.55. The molecule has 1 aromatic heterocycles. The second-order valence-corrected chi connectivity index (χ2v) is 5.85. The summed E-state index contributed by atoms with van der Waals surface area (Å²) in [5.74, 6) is 0. The van der Waals surface area contributed by atoms with Crippen LogP contribution in [0.3, 0.4) is 0 Å². The van der Waals surface area contributed by atoms with Crippen molar-refractivity contribution >= 4 is 6.02 Å². The number of aliphatic imine (C=N–C) groups is 1. The number of nitrogens with zero attached hydrogens (tertiary/aromatic N) is 2. The van der Waals surface area contributed by atoms with Gasteiger partial charge in [0.05, 0.1) is 0 Å². The molecule has 2 N–H and O–H groups in total. The van der Waals surface area contributed by atoms with Gasteiger partial charge >= 0.3 is 0 Å². The van der Waals surface area contributed by atoms with Crippen molar-refractivity contribution in [3.05, 3.63) is 53.9 Å². The first kappa shape index (κ1) is 12.4. The van der Waals surface area contributed by atoms with Crippen LogP contribution in [-0.2, 0) is 17.6 Å². The van der Waals surface area contributed by atoms with E-state index >= 15 is 0 Å². The summed E-state index contributed by atoms with van der Waals surface area (Å²) in [6.45, 7) is 2.06. The van der Waals surface area contributed by atoms with Crippen molar-refractivity contribution < 1.29 is 4.74 Å². The molecule has 0 saturated carbocycles. The van der Waals surface area contributed by atoms with Crippen LogP contribution in [0.2, 0.25) is 0 Å². The highest BCUT2D eigenvalue weighted by molar-refractivity contribution is 5.76. The molecule has 0 fully saturated rings. The minimum absolute atomic E-state index is 0.0233. The van der Waals surface area contributed by atoms with Crippen molar-refractivity contribution in [2.24, 2.45) is 10.7 Å². The van der Waals surface area contributed by atoms with Gasteiger partial charge in [-0.3, -0.25) is 4.98 Å².